The first-order valence-corrected chi connectivity index (χ1v) is 7.51. The number of nitrogens with one attached hydrogen (secondary N) is 1. The van der Waals surface area contributed by atoms with Crippen LogP contribution >= 0.6 is 0 Å². The number of benzene rings is 1. The number of hydrogen-bond donors (Lipinski definition) is 1. The van der Waals surface area contributed by atoms with E-state index in [9.17, 15) is 13.2 Å². The Labute approximate surface area is 122 Å². The third-order valence-electron chi connectivity index (χ3n) is 4.98. The van der Waals surface area contributed by atoms with Crippen molar-refractivity contribution < 1.29 is 17.9 Å². The van der Waals surface area contributed by atoms with Crippen LogP contribution in [-0.4, -0.2) is 19.3 Å². The quantitative estimate of drug-likeness (QED) is 0.859. The van der Waals surface area contributed by atoms with Gasteiger partial charge in [0.15, 0.2) is 17.5 Å². The van der Waals surface area contributed by atoms with Gasteiger partial charge in [-0.3, -0.25) is 0 Å². The zero-order valence-corrected chi connectivity index (χ0v) is 12.1. The molecule has 116 valence electrons. The summed E-state index contributed by atoms with van der Waals surface area (Å²) in [5.74, 6) is -3.45. The van der Waals surface area contributed by atoms with Crippen LogP contribution in [0.4, 0.5) is 13.2 Å². The van der Waals surface area contributed by atoms with E-state index in [1.54, 1.807) is 7.05 Å². The van der Waals surface area contributed by atoms with Gasteiger partial charge in [-0.2, -0.15) is 0 Å². The van der Waals surface area contributed by atoms with Gasteiger partial charge in [0.05, 0.1) is 5.60 Å². The number of hydrogen-bond acceptors (Lipinski definition) is 2. The van der Waals surface area contributed by atoms with Crippen LogP contribution in [0.25, 0.3) is 0 Å². The molecular formula is C16H20F3NO. The summed E-state index contributed by atoms with van der Waals surface area (Å²) in [5, 5.41) is 3.08. The molecule has 1 N–H and O–H groups in total. The topological polar surface area (TPSA) is 21.3 Å². The lowest BCUT2D eigenvalue weighted by atomic mass is 9.69. The molecule has 0 amide bonds. The average Bonchev–Trinajstić information content (AvgIpc) is 2.46. The van der Waals surface area contributed by atoms with Gasteiger partial charge in [-0.05, 0) is 51.1 Å². The highest BCUT2D eigenvalue weighted by atomic mass is 19.2. The van der Waals surface area contributed by atoms with Crippen LogP contribution in [0.15, 0.2) is 12.1 Å². The monoisotopic (exact) mass is 299 g/mol. The van der Waals surface area contributed by atoms with E-state index in [0.717, 1.165) is 38.2 Å². The average molecular weight is 299 g/mol. The molecule has 2 nitrogen and oxygen atoms in total. The normalized spacial score (nSPS) is 25.6. The fourth-order valence-corrected chi connectivity index (χ4v) is 3.70. The van der Waals surface area contributed by atoms with E-state index < -0.39 is 17.5 Å². The predicted octanol–water partition coefficient (Wildman–Crippen LogP) is 3.71. The minimum atomic E-state index is -1.39. The van der Waals surface area contributed by atoms with E-state index in [4.69, 9.17) is 4.74 Å². The summed E-state index contributed by atoms with van der Waals surface area (Å²) >= 11 is 0. The summed E-state index contributed by atoms with van der Waals surface area (Å²) < 4.78 is 46.5. The van der Waals surface area contributed by atoms with Crippen molar-refractivity contribution in [1.82, 2.24) is 5.32 Å². The summed E-state index contributed by atoms with van der Waals surface area (Å²) in [5.41, 5.74) is 0.144. The van der Waals surface area contributed by atoms with Crippen LogP contribution in [0.1, 0.15) is 43.7 Å². The largest absolute Gasteiger partial charge is 0.375 e. The number of ether oxygens (including phenoxy) is 1. The second-order valence-electron chi connectivity index (χ2n) is 6.17. The van der Waals surface area contributed by atoms with E-state index >= 15 is 0 Å². The molecule has 2 aliphatic rings. The van der Waals surface area contributed by atoms with E-state index in [0.29, 0.717) is 6.61 Å². The van der Waals surface area contributed by atoms with Crippen molar-refractivity contribution >= 4 is 0 Å². The van der Waals surface area contributed by atoms with Gasteiger partial charge in [0.1, 0.15) is 0 Å². The maximum absolute atomic E-state index is 14.1. The molecule has 1 aromatic carbocycles. The molecule has 1 aliphatic carbocycles. The molecule has 1 heterocycles. The predicted molar refractivity (Wildman–Crippen MR) is 73.4 cm³/mol. The molecule has 1 aliphatic heterocycles. The molecule has 3 rings (SSSR count). The Morgan fingerprint density at radius 2 is 2.00 bits per heavy atom. The van der Waals surface area contributed by atoms with E-state index in [1.165, 1.54) is 6.07 Å². The summed E-state index contributed by atoms with van der Waals surface area (Å²) in [6, 6.07) is 2.02. The lowest BCUT2D eigenvalue weighted by Crippen LogP contribution is -2.47. The fraction of sp³-hybridized carbons (Fsp3) is 0.625. The van der Waals surface area contributed by atoms with Gasteiger partial charge >= 0.3 is 0 Å². The number of halogens is 3. The van der Waals surface area contributed by atoms with Gasteiger partial charge in [-0.15, -0.1) is 0 Å². The minimum Gasteiger partial charge on any atom is -0.375 e. The van der Waals surface area contributed by atoms with Gasteiger partial charge in [0.25, 0.3) is 0 Å². The van der Waals surface area contributed by atoms with E-state index in [2.05, 4.69) is 5.32 Å². The highest BCUT2D eigenvalue weighted by molar-refractivity contribution is 5.24. The minimum absolute atomic E-state index is 0.0624. The molecule has 1 aromatic rings. The Kier molecular flexibility index (Phi) is 3.97. The molecule has 0 bridgehead atoms. The van der Waals surface area contributed by atoms with Gasteiger partial charge in [0.2, 0.25) is 0 Å². The maximum Gasteiger partial charge on any atom is 0.194 e. The molecule has 5 heteroatoms. The molecule has 1 spiro atoms. The summed E-state index contributed by atoms with van der Waals surface area (Å²) in [7, 11) is 1.73. The van der Waals surface area contributed by atoms with Gasteiger partial charge < -0.3 is 10.1 Å². The van der Waals surface area contributed by atoms with Crippen LogP contribution < -0.4 is 5.32 Å². The number of rotatable bonds is 3. The molecular weight excluding hydrogens is 279 g/mol. The molecule has 2 unspecified atom stereocenters. The standard InChI is InChI=1S/C16H20F3NO/c1-20-15(11-3-4-12(17)14(19)13(11)18)10-5-8-21-16(9-10)6-2-7-16/h3-4,10,15,20H,2,5-9H2,1H3. The smallest absolute Gasteiger partial charge is 0.194 e. The molecule has 1 saturated carbocycles. The summed E-state index contributed by atoms with van der Waals surface area (Å²) in [4.78, 5) is 0. The second-order valence-corrected chi connectivity index (χ2v) is 6.17. The van der Waals surface area contributed by atoms with Gasteiger partial charge in [-0.25, -0.2) is 13.2 Å². The first-order valence-electron chi connectivity index (χ1n) is 7.51. The Balaban J connectivity index is 1.86. The molecule has 0 radical (unpaired) electrons. The lowest BCUT2D eigenvalue weighted by Gasteiger charge is -2.48. The molecule has 2 fully saturated rings. The molecule has 2 atom stereocenters. The Hall–Kier alpha value is -1.07. The third-order valence-corrected chi connectivity index (χ3v) is 4.98. The molecule has 0 aromatic heterocycles. The van der Waals surface area contributed by atoms with Crippen molar-refractivity contribution in [2.24, 2.45) is 5.92 Å². The van der Waals surface area contributed by atoms with Crippen molar-refractivity contribution in [1.29, 1.82) is 0 Å². The lowest BCUT2D eigenvalue weighted by molar-refractivity contribution is -0.147. The van der Waals surface area contributed by atoms with Gasteiger partial charge in [0, 0.05) is 18.2 Å². The van der Waals surface area contributed by atoms with Crippen molar-refractivity contribution in [3.05, 3.63) is 35.1 Å². The Morgan fingerprint density at radius 1 is 1.24 bits per heavy atom. The first-order chi connectivity index (χ1) is 10.1. The van der Waals surface area contributed by atoms with Crippen LogP contribution in [0.2, 0.25) is 0 Å². The Bertz CT molecular complexity index is 530. The molecule has 21 heavy (non-hydrogen) atoms. The SMILES string of the molecule is CNC(c1ccc(F)c(F)c1F)C1CCOC2(CCC2)C1. The van der Waals surface area contributed by atoms with Crippen molar-refractivity contribution in [3.63, 3.8) is 0 Å². The third kappa shape index (κ3) is 2.57. The maximum atomic E-state index is 14.1. The van der Waals surface area contributed by atoms with Crippen molar-refractivity contribution in [2.45, 2.75) is 43.7 Å². The van der Waals surface area contributed by atoms with Crippen LogP contribution in [-0.2, 0) is 4.74 Å². The summed E-state index contributed by atoms with van der Waals surface area (Å²) in [6.07, 6.45) is 4.89. The fourth-order valence-electron chi connectivity index (χ4n) is 3.70. The van der Waals surface area contributed by atoms with Crippen LogP contribution in [0.5, 0.6) is 0 Å². The van der Waals surface area contributed by atoms with Crippen molar-refractivity contribution in [3.8, 4) is 0 Å². The highest BCUT2D eigenvalue weighted by Crippen LogP contribution is 2.47. The Morgan fingerprint density at radius 3 is 2.62 bits per heavy atom. The summed E-state index contributed by atoms with van der Waals surface area (Å²) in [6.45, 7) is 0.647. The molecule has 1 saturated heterocycles. The van der Waals surface area contributed by atoms with Crippen molar-refractivity contribution in [2.75, 3.05) is 13.7 Å². The van der Waals surface area contributed by atoms with Gasteiger partial charge in [-0.1, -0.05) is 6.07 Å². The zero-order chi connectivity index (χ0) is 15.0. The van der Waals surface area contributed by atoms with E-state index in [1.807, 2.05) is 0 Å². The first kappa shape index (κ1) is 14.9. The zero-order valence-electron chi connectivity index (χ0n) is 12.1. The van der Waals surface area contributed by atoms with Crippen LogP contribution in [0.3, 0.4) is 0 Å². The highest BCUT2D eigenvalue weighted by Gasteiger charge is 2.44. The second kappa shape index (κ2) is 5.61. The van der Waals surface area contributed by atoms with Crippen LogP contribution in [0, 0.1) is 23.4 Å². The van der Waals surface area contributed by atoms with E-state index in [-0.39, 0.29) is 23.1 Å².